The highest BCUT2D eigenvalue weighted by Crippen LogP contribution is 2.32. The van der Waals surface area contributed by atoms with Crippen molar-refractivity contribution in [3.05, 3.63) is 40.9 Å². The van der Waals surface area contributed by atoms with Crippen molar-refractivity contribution in [1.82, 2.24) is 19.9 Å². The maximum absolute atomic E-state index is 12.3. The molecule has 3 rings (SSSR count). The van der Waals surface area contributed by atoms with Crippen LogP contribution in [0.4, 0.5) is 5.69 Å². The van der Waals surface area contributed by atoms with Gasteiger partial charge in [0.05, 0.1) is 12.2 Å². The minimum Gasteiger partial charge on any atom is -0.397 e. The molecule has 0 aromatic carbocycles. The summed E-state index contributed by atoms with van der Waals surface area (Å²) in [6, 6.07) is 3.79. The first-order valence-corrected chi connectivity index (χ1v) is 7.28. The molecule has 0 saturated heterocycles. The molecule has 3 aromatic rings. The first kappa shape index (κ1) is 13.6. The van der Waals surface area contributed by atoms with E-state index in [2.05, 4.69) is 15.3 Å². The number of carbonyl (C=O) groups excluding carboxylic acids is 1. The van der Waals surface area contributed by atoms with Gasteiger partial charge in [0.1, 0.15) is 15.5 Å². The summed E-state index contributed by atoms with van der Waals surface area (Å²) in [7, 11) is 1.88. The van der Waals surface area contributed by atoms with E-state index in [1.54, 1.807) is 6.20 Å². The van der Waals surface area contributed by atoms with Gasteiger partial charge >= 0.3 is 0 Å². The van der Waals surface area contributed by atoms with E-state index in [1.165, 1.54) is 11.3 Å². The summed E-state index contributed by atoms with van der Waals surface area (Å²) >= 11 is 1.31. The fourth-order valence-corrected chi connectivity index (χ4v) is 3.12. The minimum absolute atomic E-state index is 0.198. The number of fused-ring (bicyclic) bond motifs is 1. The Morgan fingerprint density at radius 3 is 3.00 bits per heavy atom. The molecular weight excluding hydrogens is 286 g/mol. The smallest absolute Gasteiger partial charge is 0.263 e. The second-order valence-corrected chi connectivity index (χ2v) is 5.79. The third-order valence-corrected chi connectivity index (χ3v) is 4.38. The van der Waals surface area contributed by atoms with Gasteiger partial charge in [-0.15, -0.1) is 11.3 Å². The van der Waals surface area contributed by atoms with Gasteiger partial charge in [0.25, 0.3) is 5.91 Å². The van der Waals surface area contributed by atoms with E-state index in [4.69, 9.17) is 5.73 Å². The Kier molecular flexibility index (Phi) is 3.34. The van der Waals surface area contributed by atoms with Crippen LogP contribution in [0.5, 0.6) is 0 Å². The average molecular weight is 301 g/mol. The molecule has 0 fully saturated rings. The highest BCUT2D eigenvalue weighted by atomic mass is 32.1. The van der Waals surface area contributed by atoms with Crippen LogP contribution in [0.15, 0.2) is 24.5 Å². The molecular formula is C14H15N5OS. The largest absolute Gasteiger partial charge is 0.397 e. The number of imidazole rings is 1. The lowest BCUT2D eigenvalue weighted by molar-refractivity contribution is 0.0954. The predicted octanol–water partition coefficient (Wildman–Crippen LogP) is 1.85. The molecule has 7 heteroatoms. The third kappa shape index (κ3) is 2.47. The lowest BCUT2D eigenvalue weighted by atomic mass is 10.2. The van der Waals surface area contributed by atoms with E-state index in [1.807, 2.05) is 36.9 Å². The molecule has 0 radical (unpaired) electrons. The van der Waals surface area contributed by atoms with Crippen molar-refractivity contribution in [2.45, 2.75) is 13.5 Å². The number of hydrogen-bond acceptors (Lipinski definition) is 5. The number of thiophene rings is 1. The van der Waals surface area contributed by atoms with Crippen LogP contribution >= 0.6 is 11.3 Å². The van der Waals surface area contributed by atoms with Crippen molar-refractivity contribution in [3.8, 4) is 0 Å². The summed E-state index contributed by atoms with van der Waals surface area (Å²) in [6.45, 7) is 2.28. The molecule has 0 atom stereocenters. The normalized spacial score (nSPS) is 11.0. The minimum atomic E-state index is -0.198. The number of nitrogen functional groups attached to an aromatic ring is 1. The lowest BCUT2D eigenvalue weighted by Crippen LogP contribution is -2.24. The highest BCUT2D eigenvalue weighted by molar-refractivity contribution is 7.21. The topological polar surface area (TPSA) is 85.8 Å². The number of nitrogens with two attached hydrogens (primary N) is 1. The van der Waals surface area contributed by atoms with Gasteiger partial charge in [-0.2, -0.15) is 0 Å². The van der Waals surface area contributed by atoms with Crippen LogP contribution in [0.3, 0.4) is 0 Å². The molecule has 1 amide bonds. The first-order chi connectivity index (χ1) is 10.1. The van der Waals surface area contributed by atoms with Gasteiger partial charge in [-0.25, -0.2) is 9.97 Å². The van der Waals surface area contributed by atoms with Crippen molar-refractivity contribution < 1.29 is 4.79 Å². The Balaban J connectivity index is 1.84. The molecule has 0 bridgehead atoms. The number of aromatic nitrogens is 3. The van der Waals surface area contributed by atoms with Gasteiger partial charge in [0.2, 0.25) is 0 Å². The maximum Gasteiger partial charge on any atom is 0.263 e. The zero-order valence-electron chi connectivity index (χ0n) is 11.8. The van der Waals surface area contributed by atoms with Crippen molar-refractivity contribution >= 4 is 33.1 Å². The fraction of sp³-hybridized carbons (Fsp3) is 0.214. The highest BCUT2D eigenvalue weighted by Gasteiger charge is 2.17. The summed E-state index contributed by atoms with van der Waals surface area (Å²) in [5, 5.41) is 3.67. The van der Waals surface area contributed by atoms with Gasteiger partial charge in [0.15, 0.2) is 0 Å². The summed E-state index contributed by atoms with van der Waals surface area (Å²) in [5.41, 5.74) is 7.45. The van der Waals surface area contributed by atoms with E-state index >= 15 is 0 Å². The van der Waals surface area contributed by atoms with Gasteiger partial charge < -0.3 is 15.6 Å². The van der Waals surface area contributed by atoms with E-state index in [0.29, 0.717) is 17.1 Å². The fourth-order valence-electron chi connectivity index (χ4n) is 2.06. The van der Waals surface area contributed by atoms with Crippen molar-refractivity contribution in [2.24, 2.45) is 7.05 Å². The standard InChI is InChI=1S/C14H15N5OS/c1-8-3-4-9-11(15)12(21-14(9)18-8)13(20)17-7-10-16-5-6-19(10)2/h3-6H,7,15H2,1-2H3,(H,17,20). The number of nitrogens with one attached hydrogen (secondary N) is 1. The SMILES string of the molecule is Cc1ccc2c(N)c(C(=O)NCc3nccn3C)sc2n1. The van der Waals surface area contributed by atoms with E-state index in [0.717, 1.165) is 21.7 Å². The van der Waals surface area contributed by atoms with Crippen molar-refractivity contribution in [2.75, 3.05) is 5.73 Å². The van der Waals surface area contributed by atoms with Gasteiger partial charge in [-0.1, -0.05) is 0 Å². The lowest BCUT2D eigenvalue weighted by Gasteiger charge is -2.04. The van der Waals surface area contributed by atoms with Crippen molar-refractivity contribution in [1.29, 1.82) is 0 Å². The molecule has 21 heavy (non-hydrogen) atoms. The molecule has 6 nitrogen and oxygen atoms in total. The Morgan fingerprint density at radius 1 is 1.48 bits per heavy atom. The number of carbonyl (C=O) groups is 1. The molecule has 0 unspecified atom stereocenters. The summed E-state index contributed by atoms with van der Waals surface area (Å²) in [5.74, 6) is 0.591. The van der Waals surface area contributed by atoms with Crippen LogP contribution in [-0.2, 0) is 13.6 Å². The van der Waals surface area contributed by atoms with Crippen LogP contribution in [-0.4, -0.2) is 20.4 Å². The number of pyridine rings is 1. The second kappa shape index (κ2) is 5.17. The molecule has 3 heterocycles. The second-order valence-electron chi connectivity index (χ2n) is 4.79. The predicted molar refractivity (Wildman–Crippen MR) is 83.1 cm³/mol. The molecule has 0 spiro atoms. The first-order valence-electron chi connectivity index (χ1n) is 6.46. The zero-order valence-corrected chi connectivity index (χ0v) is 12.6. The van der Waals surface area contributed by atoms with Crippen LogP contribution in [0.1, 0.15) is 21.2 Å². The number of amides is 1. The van der Waals surface area contributed by atoms with Crippen LogP contribution in [0, 0.1) is 6.92 Å². The van der Waals surface area contributed by atoms with Crippen LogP contribution < -0.4 is 11.1 Å². The average Bonchev–Trinajstić information content (AvgIpc) is 3.00. The summed E-state index contributed by atoms with van der Waals surface area (Å²) < 4.78 is 1.86. The quantitative estimate of drug-likeness (QED) is 0.773. The third-order valence-electron chi connectivity index (χ3n) is 3.27. The number of rotatable bonds is 3. The molecule has 0 aliphatic carbocycles. The van der Waals surface area contributed by atoms with Gasteiger partial charge in [0, 0.05) is 30.5 Å². The molecule has 0 saturated carbocycles. The molecule has 0 aliphatic rings. The van der Waals surface area contributed by atoms with Crippen LogP contribution in [0.2, 0.25) is 0 Å². The number of nitrogens with zero attached hydrogens (tertiary/aromatic N) is 3. The molecule has 3 aromatic heterocycles. The maximum atomic E-state index is 12.3. The molecule has 0 aliphatic heterocycles. The van der Waals surface area contributed by atoms with Crippen molar-refractivity contribution in [3.63, 3.8) is 0 Å². The Labute approximate surface area is 125 Å². The Bertz CT molecular complexity index is 820. The number of aryl methyl sites for hydroxylation is 2. The number of hydrogen-bond donors (Lipinski definition) is 2. The van der Waals surface area contributed by atoms with E-state index in [-0.39, 0.29) is 5.91 Å². The van der Waals surface area contributed by atoms with Gasteiger partial charge in [-0.05, 0) is 19.1 Å². The summed E-state index contributed by atoms with van der Waals surface area (Å²) in [6.07, 6.45) is 3.53. The molecule has 108 valence electrons. The number of anilines is 1. The Hall–Kier alpha value is -2.41. The molecule has 3 N–H and O–H groups in total. The monoisotopic (exact) mass is 301 g/mol. The Morgan fingerprint density at radius 2 is 2.29 bits per heavy atom. The zero-order chi connectivity index (χ0) is 15.0. The van der Waals surface area contributed by atoms with Gasteiger partial charge in [-0.3, -0.25) is 4.79 Å². The van der Waals surface area contributed by atoms with E-state index < -0.39 is 0 Å². The summed E-state index contributed by atoms with van der Waals surface area (Å²) in [4.78, 5) is 22.1. The van der Waals surface area contributed by atoms with E-state index in [9.17, 15) is 4.79 Å². The van der Waals surface area contributed by atoms with Crippen LogP contribution in [0.25, 0.3) is 10.2 Å².